The monoisotopic (exact) mass is 661 g/mol. The van der Waals surface area contributed by atoms with E-state index in [0.717, 1.165) is 21.6 Å². The van der Waals surface area contributed by atoms with Gasteiger partial charge < -0.3 is 20.7 Å². The molecular weight excluding hydrogens is 630 g/mol. The molecule has 9 heteroatoms. The highest BCUT2D eigenvalue weighted by atomic mass is 35.5. The maximum atomic E-state index is 13.8. The van der Waals surface area contributed by atoms with Crippen LogP contribution in [0.3, 0.4) is 0 Å². The Balaban J connectivity index is 1.38. The highest BCUT2D eigenvalue weighted by Crippen LogP contribution is 2.39. The Bertz CT molecular complexity index is 1900. The van der Waals surface area contributed by atoms with E-state index in [1.54, 1.807) is 60.7 Å². The van der Waals surface area contributed by atoms with Crippen molar-refractivity contribution in [3.63, 3.8) is 0 Å². The van der Waals surface area contributed by atoms with Crippen LogP contribution < -0.4 is 20.7 Å². The molecule has 3 amide bonds. The first-order chi connectivity index (χ1) is 22.8. The van der Waals surface area contributed by atoms with Crippen molar-refractivity contribution in [1.82, 2.24) is 5.32 Å². The number of anilines is 2. The fourth-order valence-electron chi connectivity index (χ4n) is 4.67. The molecule has 0 bridgehead atoms. The minimum atomic E-state index is -0.637. The van der Waals surface area contributed by atoms with Gasteiger partial charge in [-0.15, -0.1) is 11.8 Å². The van der Waals surface area contributed by atoms with E-state index >= 15 is 0 Å². The largest absolute Gasteiger partial charge is 0.495 e. The zero-order chi connectivity index (χ0) is 33.2. The minimum absolute atomic E-state index is 0.0804. The van der Waals surface area contributed by atoms with Crippen molar-refractivity contribution in [1.29, 1.82) is 0 Å². The summed E-state index contributed by atoms with van der Waals surface area (Å²) in [5.41, 5.74) is 3.86. The number of amides is 3. The fourth-order valence-corrected chi connectivity index (χ4v) is 5.91. The van der Waals surface area contributed by atoms with Crippen molar-refractivity contribution in [2.45, 2.75) is 17.1 Å². The number of carbonyl (C=O) groups excluding carboxylic acids is 3. The van der Waals surface area contributed by atoms with Gasteiger partial charge in [-0.25, -0.2) is 0 Å². The molecule has 5 aromatic rings. The van der Waals surface area contributed by atoms with E-state index < -0.39 is 17.1 Å². The third kappa shape index (κ3) is 8.91. The average molecular weight is 662 g/mol. The van der Waals surface area contributed by atoms with Crippen LogP contribution in [0.1, 0.15) is 32.3 Å². The van der Waals surface area contributed by atoms with Crippen molar-refractivity contribution >= 4 is 58.5 Å². The molecule has 0 aromatic heterocycles. The number of nitrogens with one attached hydrogen (secondary N) is 3. The fraction of sp³-hybridized carbons (Fsp3) is 0.0789. The van der Waals surface area contributed by atoms with E-state index in [0.29, 0.717) is 27.7 Å². The molecule has 5 rings (SSSR count). The third-order valence-corrected chi connectivity index (χ3v) is 8.72. The molecule has 7 nitrogen and oxygen atoms in total. The molecule has 236 valence electrons. The van der Waals surface area contributed by atoms with Gasteiger partial charge in [-0.3, -0.25) is 14.4 Å². The first kappa shape index (κ1) is 33.1. The van der Waals surface area contributed by atoms with Gasteiger partial charge in [-0.1, -0.05) is 96.5 Å². The van der Waals surface area contributed by atoms with Crippen molar-refractivity contribution in [3.05, 3.63) is 160 Å². The number of hydrogen-bond acceptors (Lipinski definition) is 5. The first-order valence-corrected chi connectivity index (χ1v) is 16.0. The smallest absolute Gasteiger partial charge is 0.272 e. The number of carbonyl (C=O) groups is 3. The summed E-state index contributed by atoms with van der Waals surface area (Å²) in [5.74, 6) is -0.708. The van der Waals surface area contributed by atoms with Crippen LogP contribution in [0.4, 0.5) is 11.4 Å². The Hall–Kier alpha value is -5.31. The maximum absolute atomic E-state index is 13.8. The van der Waals surface area contributed by atoms with Crippen LogP contribution in [0.5, 0.6) is 5.75 Å². The summed E-state index contributed by atoms with van der Waals surface area (Å²) in [4.78, 5) is 41.1. The Morgan fingerprint density at radius 3 is 2.13 bits per heavy atom. The number of halogens is 1. The predicted octanol–water partition coefficient (Wildman–Crippen LogP) is 8.54. The molecule has 0 radical (unpaired) electrons. The average Bonchev–Trinajstić information content (AvgIpc) is 3.09. The molecule has 0 heterocycles. The number of methoxy groups -OCH3 is 1. The molecule has 3 N–H and O–H groups in total. The van der Waals surface area contributed by atoms with Crippen molar-refractivity contribution < 1.29 is 19.1 Å². The van der Waals surface area contributed by atoms with Crippen LogP contribution in [0.2, 0.25) is 5.02 Å². The lowest BCUT2D eigenvalue weighted by Gasteiger charge is -2.19. The van der Waals surface area contributed by atoms with E-state index in [1.807, 2.05) is 79.7 Å². The van der Waals surface area contributed by atoms with E-state index in [-0.39, 0.29) is 11.6 Å². The van der Waals surface area contributed by atoms with E-state index in [9.17, 15) is 14.4 Å². The van der Waals surface area contributed by atoms with Gasteiger partial charge >= 0.3 is 0 Å². The molecule has 0 aliphatic rings. The van der Waals surface area contributed by atoms with Gasteiger partial charge in [0.25, 0.3) is 11.8 Å². The summed E-state index contributed by atoms with van der Waals surface area (Å²) in [5, 5.41) is 8.56. The van der Waals surface area contributed by atoms with Crippen LogP contribution in [-0.4, -0.2) is 24.8 Å². The van der Waals surface area contributed by atoms with Crippen LogP contribution in [-0.2, 0) is 9.59 Å². The summed E-state index contributed by atoms with van der Waals surface area (Å²) in [7, 11) is 1.52. The predicted molar refractivity (Wildman–Crippen MR) is 190 cm³/mol. The molecule has 0 saturated carbocycles. The van der Waals surface area contributed by atoms with Gasteiger partial charge in [0, 0.05) is 27.2 Å². The van der Waals surface area contributed by atoms with E-state index in [4.69, 9.17) is 16.3 Å². The van der Waals surface area contributed by atoms with Crippen LogP contribution in [0, 0.1) is 6.92 Å². The van der Waals surface area contributed by atoms with E-state index in [1.165, 1.54) is 18.9 Å². The van der Waals surface area contributed by atoms with Gasteiger partial charge in [-0.2, -0.15) is 0 Å². The van der Waals surface area contributed by atoms with E-state index in [2.05, 4.69) is 16.0 Å². The number of ether oxygens (including phenoxy) is 1. The zero-order valence-corrected chi connectivity index (χ0v) is 27.3. The molecule has 1 atom stereocenters. The lowest BCUT2D eigenvalue weighted by molar-refractivity contribution is -0.116. The molecule has 0 aliphatic heterocycles. The minimum Gasteiger partial charge on any atom is -0.495 e. The standard InChI is InChI=1S/C38H32ClN3O4S/c1-25-21-32(34(46-2)24-31(25)39)41-38(45)35(27-15-8-4-9-16-27)47-30-20-12-19-29(23-30)40-37(44)33(22-26-13-6-3-7-14-26)42-36(43)28-17-10-5-11-18-28/h3-24,35H,1-2H3,(H,40,44)(H,41,45)(H,42,43)/b33-22-. The molecular formula is C38H32ClN3O4S. The second-order valence-corrected chi connectivity index (χ2v) is 12.1. The Morgan fingerprint density at radius 1 is 0.787 bits per heavy atom. The maximum Gasteiger partial charge on any atom is 0.272 e. The van der Waals surface area contributed by atoms with Crippen LogP contribution >= 0.6 is 23.4 Å². The molecule has 1 unspecified atom stereocenters. The van der Waals surface area contributed by atoms with Gasteiger partial charge in [0.15, 0.2) is 0 Å². The Morgan fingerprint density at radius 2 is 1.45 bits per heavy atom. The number of rotatable bonds is 11. The lowest BCUT2D eigenvalue weighted by atomic mass is 10.1. The van der Waals surface area contributed by atoms with Crippen molar-refractivity contribution in [2.75, 3.05) is 17.7 Å². The third-order valence-electron chi connectivity index (χ3n) is 7.06. The number of hydrogen-bond donors (Lipinski definition) is 3. The topological polar surface area (TPSA) is 96.5 Å². The second-order valence-electron chi connectivity index (χ2n) is 10.5. The number of aryl methyl sites for hydroxylation is 1. The van der Waals surface area contributed by atoms with Gasteiger partial charge in [0.2, 0.25) is 5.91 Å². The molecule has 47 heavy (non-hydrogen) atoms. The SMILES string of the molecule is COc1cc(Cl)c(C)cc1NC(=O)C(Sc1cccc(NC(=O)/C(=C/c2ccccc2)NC(=O)c2ccccc2)c1)c1ccccc1. The molecule has 0 fully saturated rings. The highest BCUT2D eigenvalue weighted by Gasteiger charge is 2.24. The molecule has 0 spiro atoms. The normalized spacial score (nSPS) is 11.7. The summed E-state index contributed by atoms with van der Waals surface area (Å²) in [6.07, 6.45) is 1.62. The first-order valence-electron chi connectivity index (χ1n) is 14.7. The van der Waals surface area contributed by atoms with Crippen molar-refractivity contribution in [2.24, 2.45) is 0 Å². The second kappa shape index (κ2) is 15.8. The summed E-state index contributed by atoms with van der Waals surface area (Å²) in [6.45, 7) is 1.86. The van der Waals surface area contributed by atoms with Gasteiger partial charge in [0.05, 0.1) is 12.8 Å². The molecule has 5 aromatic carbocycles. The Kier molecular flexibility index (Phi) is 11.1. The number of thioether (sulfide) groups is 1. The number of benzene rings is 5. The van der Waals surface area contributed by atoms with Gasteiger partial charge in [-0.05, 0) is 66.1 Å². The highest BCUT2D eigenvalue weighted by molar-refractivity contribution is 8.00. The summed E-state index contributed by atoms with van der Waals surface area (Å²) >= 11 is 7.62. The quantitative estimate of drug-likeness (QED) is 0.0974. The lowest BCUT2D eigenvalue weighted by Crippen LogP contribution is -2.30. The van der Waals surface area contributed by atoms with Crippen molar-refractivity contribution in [3.8, 4) is 5.75 Å². The van der Waals surface area contributed by atoms with Crippen LogP contribution in [0.15, 0.2) is 138 Å². The molecule has 0 aliphatic carbocycles. The van der Waals surface area contributed by atoms with Crippen LogP contribution in [0.25, 0.3) is 6.08 Å². The molecule has 0 saturated heterocycles. The zero-order valence-electron chi connectivity index (χ0n) is 25.7. The summed E-state index contributed by atoms with van der Waals surface area (Å²) in [6, 6.07) is 38.0. The Labute approximate surface area is 283 Å². The van der Waals surface area contributed by atoms with Gasteiger partial charge in [0.1, 0.15) is 16.7 Å². The summed E-state index contributed by atoms with van der Waals surface area (Å²) < 4.78 is 5.47.